The molecule has 0 spiro atoms. The zero-order chi connectivity index (χ0) is 18.2. The fourth-order valence-electron chi connectivity index (χ4n) is 2.23. The highest BCUT2D eigenvalue weighted by Gasteiger charge is 2.21. The average molecular weight is 359 g/mol. The summed E-state index contributed by atoms with van der Waals surface area (Å²) in [5, 5.41) is 2.84. The third kappa shape index (κ3) is 8.01. The van der Waals surface area contributed by atoms with Crippen LogP contribution in [0.2, 0.25) is 0 Å². The molecule has 1 N–H and O–H groups in total. The number of morpholine rings is 1. The molecule has 24 heavy (non-hydrogen) atoms. The minimum absolute atomic E-state index is 0.0321. The maximum Gasteiger partial charge on any atom is 0.240 e. The van der Waals surface area contributed by atoms with Gasteiger partial charge in [0.2, 0.25) is 17.7 Å². The Morgan fingerprint density at radius 3 is 2.33 bits per heavy atom. The van der Waals surface area contributed by atoms with Crippen LogP contribution in [-0.4, -0.2) is 84.0 Å². The van der Waals surface area contributed by atoms with Gasteiger partial charge in [0.15, 0.2) is 0 Å². The third-order valence-corrected chi connectivity index (χ3v) is 4.30. The van der Waals surface area contributed by atoms with Crippen LogP contribution in [0.3, 0.4) is 0 Å². The van der Waals surface area contributed by atoms with E-state index in [4.69, 9.17) is 4.74 Å². The predicted molar refractivity (Wildman–Crippen MR) is 94.9 cm³/mol. The van der Waals surface area contributed by atoms with Crippen molar-refractivity contribution in [2.24, 2.45) is 0 Å². The van der Waals surface area contributed by atoms with E-state index in [1.165, 1.54) is 16.7 Å². The van der Waals surface area contributed by atoms with Gasteiger partial charge in [-0.05, 0) is 27.7 Å². The van der Waals surface area contributed by atoms with Crippen molar-refractivity contribution in [3.63, 3.8) is 0 Å². The maximum atomic E-state index is 12.2. The predicted octanol–water partition coefficient (Wildman–Crippen LogP) is 0.342. The Balaban J connectivity index is 2.33. The summed E-state index contributed by atoms with van der Waals surface area (Å²) in [6.07, 6.45) is 0. The van der Waals surface area contributed by atoms with Crippen molar-refractivity contribution in [3.8, 4) is 0 Å². The van der Waals surface area contributed by atoms with Gasteiger partial charge in [-0.3, -0.25) is 14.4 Å². The molecule has 7 nitrogen and oxygen atoms in total. The smallest absolute Gasteiger partial charge is 0.240 e. The summed E-state index contributed by atoms with van der Waals surface area (Å²) in [6, 6.07) is 0. The molecule has 1 aliphatic rings. The Labute approximate surface area is 148 Å². The third-order valence-electron chi connectivity index (χ3n) is 3.40. The van der Waals surface area contributed by atoms with Gasteiger partial charge in [-0.2, -0.15) is 0 Å². The van der Waals surface area contributed by atoms with Gasteiger partial charge < -0.3 is 19.9 Å². The summed E-state index contributed by atoms with van der Waals surface area (Å²) in [4.78, 5) is 39.4. The molecule has 1 rings (SSSR count). The second kappa shape index (κ2) is 9.88. The second-order valence-electron chi connectivity index (χ2n) is 6.69. The molecule has 1 aliphatic heterocycles. The zero-order valence-corrected chi connectivity index (χ0v) is 15.9. The van der Waals surface area contributed by atoms with Gasteiger partial charge in [-0.25, -0.2) is 0 Å². The molecule has 138 valence electrons. The molecular weight excluding hydrogens is 330 g/mol. The van der Waals surface area contributed by atoms with E-state index in [1.807, 2.05) is 27.7 Å². The molecule has 0 saturated carbocycles. The van der Waals surface area contributed by atoms with Crippen molar-refractivity contribution < 1.29 is 19.1 Å². The van der Waals surface area contributed by atoms with Crippen LogP contribution in [0.1, 0.15) is 27.7 Å². The van der Waals surface area contributed by atoms with Crippen molar-refractivity contribution >= 4 is 29.5 Å². The summed E-state index contributed by atoms with van der Waals surface area (Å²) in [6.45, 7) is 10.4. The van der Waals surface area contributed by atoms with E-state index in [0.29, 0.717) is 32.8 Å². The van der Waals surface area contributed by atoms with Crippen LogP contribution >= 0.6 is 11.8 Å². The average Bonchev–Trinajstić information content (AvgIpc) is 2.51. The fourth-order valence-corrected chi connectivity index (χ4v) is 3.04. The Kier molecular flexibility index (Phi) is 8.55. The maximum absolute atomic E-state index is 12.2. The van der Waals surface area contributed by atoms with E-state index in [2.05, 4.69) is 5.32 Å². The number of nitrogens with one attached hydrogen (secondary N) is 1. The van der Waals surface area contributed by atoms with Gasteiger partial charge >= 0.3 is 0 Å². The van der Waals surface area contributed by atoms with E-state index < -0.39 is 0 Å². The monoisotopic (exact) mass is 359 g/mol. The van der Waals surface area contributed by atoms with E-state index in [-0.39, 0.29) is 41.3 Å². The molecule has 0 bridgehead atoms. The van der Waals surface area contributed by atoms with E-state index >= 15 is 0 Å². The van der Waals surface area contributed by atoms with Crippen LogP contribution in [0.15, 0.2) is 0 Å². The molecule has 0 atom stereocenters. The number of thioether (sulfide) groups is 1. The molecule has 0 aromatic rings. The highest BCUT2D eigenvalue weighted by molar-refractivity contribution is 8.00. The van der Waals surface area contributed by atoms with Crippen molar-refractivity contribution in [1.82, 2.24) is 15.1 Å². The SMILES string of the molecule is CCN(CC(=O)NC(C)(C)C)C(=O)CSCC(=O)N1CCOCC1. The molecule has 0 aromatic carbocycles. The van der Waals surface area contributed by atoms with Crippen LogP contribution in [0.4, 0.5) is 0 Å². The molecule has 0 unspecified atom stereocenters. The second-order valence-corrected chi connectivity index (χ2v) is 7.68. The van der Waals surface area contributed by atoms with Gasteiger partial charge in [-0.1, -0.05) is 0 Å². The number of hydrogen-bond acceptors (Lipinski definition) is 5. The van der Waals surface area contributed by atoms with Crippen LogP contribution in [0.5, 0.6) is 0 Å². The number of ether oxygens (including phenoxy) is 1. The normalized spacial score (nSPS) is 15.1. The van der Waals surface area contributed by atoms with Crippen molar-refractivity contribution in [2.75, 3.05) is 50.9 Å². The minimum Gasteiger partial charge on any atom is -0.378 e. The lowest BCUT2D eigenvalue weighted by Crippen LogP contribution is -2.47. The lowest BCUT2D eigenvalue weighted by molar-refractivity contribution is -0.134. The Morgan fingerprint density at radius 2 is 1.79 bits per heavy atom. The first-order valence-corrected chi connectivity index (χ1v) is 9.40. The van der Waals surface area contributed by atoms with Gasteiger partial charge in [0.05, 0.1) is 31.3 Å². The molecular formula is C16H29N3O4S. The molecule has 3 amide bonds. The van der Waals surface area contributed by atoms with E-state index in [1.54, 1.807) is 4.90 Å². The number of hydrogen-bond donors (Lipinski definition) is 1. The Hall–Kier alpha value is -1.28. The topological polar surface area (TPSA) is 79.0 Å². The van der Waals surface area contributed by atoms with Crippen molar-refractivity contribution in [1.29, 1.82) is 0 Å². The van der Waals surface area contributed by atoms with Crippen LogP contribution in [-0.2, 0) is 19.1 Å². The number of carbonyl (C=O) groups excluding carboxylic acids is 3. The number of carbonyl (C=O) groups is 3. The molecule has 8 heteroatoms. The summed E-state index contributed by atoms with van der Waals surface area (Å²) in [7, 11) is 0. The number of rotatable bonds is 7. The van der Waals surface area contributed by atoms with Gasteiger partial charge in [0, 0.05) is 25.2 Å². The highest BCUT2D eigenvalue weighted by Crippen LogP contribution is 2.07. The van der Waals surface area contributed by atoms with E-state index in [0.717, 1.165) is 0 Å². The van der Waals surface area contributed by atoms with Gasteiger partial charge in [-0.15, -0.1) is 11.8 Å². The molecule has 0 radical (unpaired) electrons. The molecule has 1 heterocycles. The zero-order valence-electron chi connectivity index (χ0n) is 15.1. The van der Waals surface area contributed by atoms with Crippen LogP contribution < -0.4 is 5.32 Å². The molecule has 1 saturated heterocycles. The first-order chi connectivity index (χ1) is 11.2. The molecule has 1 fully saturated rings. The number of likely N-dealkylation sites (N-methyl/N-ethyl adjacent to an activating group) is 1. The van der Waals surface area contributed by atoms with E-state index in [9.17, 15) is 14.4 Å². The number of nitrogens with zero attached hydrogens (tertiary/aromatic N) is 2. The minimum atomic E-state index is -0.321. The van der Waals surface area contributed by atoms with Crippen LogP contribution in [0.25, 0.3) is 0 Å². The van der Waals surface area contributed by atoms with Gasteiger partial charge in [0.25, 0.3) is 0 Å². The molecule has 0 aromatic heterocycles. The van der Waals surface area contributed by atoms with Crippen molar-refractivity contribution in [2.45, 2.75) is 33.2 Å². The lowest BCUT2D eigenvalue weighted by atomic mass is 10.1. The summed E-state index contributed by atoms with van der Waals surface area (Å²) in [5.74, 6) is 0.211. The number of amides is 3. The summed E-state index contributed by atoms with van der Waals surface area (Å²) < 4.78 is 5.21. The first kappa shape index (κ1) is 20.8. The Bertz CT molecular complexity index is 445. The largest absolute Gasteiger partial charge is 0.378 e. The lowest BCUT2D eigenvalue weighted by Gasteiger charge is -2.27. The fraction of sp³-hybridized carbons (Fsp3) is 0.812. The Morgan fingerprint density at radius 1 is 1.17 bits per heavy atom. The van der Waals surface area contributed by atoms with Crippen LogP contribution in [0, 0.1) is 0 Å². The highest BCUT2D eigenvalue weighted by atomic mass is 32.2. The standard InChI is InChI=1S/C16H29N3O4S/c1-5-18(10-13(20)17-16(2,3)4)14(21)11-24-12-15(22)19-6-8-23-9-7-19/h5-12H2,1-4H3,(H,17,20). The summed E-state index contributed by atoms with van der Waals surface area (Å²) in [5.41, 5.74) is -0.321. The van der Waals surface area contributed by atoms with Gasteiger partial charge in [0.1, 0.15) is 0 Å². The first-order valence-electron chi connectivity index (χ1n) is 8.25. The molecule has 0 aliphatic carbocycles. The van der Waals surface area contributed by atoms with Crippen molar-refractivity contribution in [3.05, 3.63) is 0 Å². The quantitative estimate of drug-likeness (QED) is 0.709. The summed E-state index contributed by atoms with van der Waals surface area (Å²) >= 11 is 1.29.